The Morgan fingerprint density at radius 1 is 1.00 bits per heavy atom. The molecule has 1 aliphatic carbocycles. The molecule has 3 aromatic rings. The summed E-state index contributed by atoms with van der Waals surface area (Å²) in [5.74, 6) is -0.707. The fraction of sp³-hybridized carbons (Fsp3) is 0.300. The summed E-state index contributed by atoms with van der Waals surface area (Å²) in [6.07, 6.45) is 3.92. The van der Waals surface area contributed by atoms with Crippen molar-refractivity contribution < 1.29 is 14.4 Å². The van der Waals surface area contributed by atoms with E-state index in [1.165, 1.54) is 0 Å². The highest BCUT2D eigenvalue weighted by atomic mass is 79.9. The smallest absolute Gasteiger partial charge is 0.258 e. The van der Waals surface area contributed by atoms with E-state index >= 15 is 0 Å². The Hall–Kier alpha value is -3.49. The van der Waals surface area contributed by atoms with Crippen molar-refractivity contribution in [1.29, 1.82) is 0 Å². The number of benzene rings is 3. The third-order valence-electron chi connectivity index (χ3n) is 7.37. The number of nitrogens with two attached hydrogens (primary N) is 1. The van der Waals surface area contributed by atoms with Gasteiger partial charge in [-0.1, -0.05) is 64.7 Å². The minimum atomic E-state index is -0.525. The molecule has 0 saturated heterocycles. The van der Waals surface area contributed by atoms with Gasteiger partial charge in [0.2, 0.25) is 5.91 Å². The number of hydrogen-bond donors (Lipinski definition) is 3. The molecule has 8 heteroatoms. The number of nitrogens with one attached hydrogen (secondary N) is 2. The largest absolute Gasteiger partial charge is 0.348 e. The highest BCUT2D eigenvalue weighted by Gasteiger charge is 2.35. The number of fused-ring (bicyclic) bond motifs is 1. The maximum Gasteiger partial charge on any atom is 0.258 e. The van der Waals surface area contributed by atoms with Crippen LogP contribution in [0, 0.1) is 6.92 Å². The summed E-state index contributed by atoms with van der Waals surface area (Å²) in [4.78, 5) is 41.9. The van der Waals surface area contributed by atoms with Gasteiger partial charge in [0.1, 0.15) is 0 Å². The fourth-order valence-corrected chi connectivity index (χ4v) is 5.68. The number of aryl methyl sites for hydroxylation is 1. The predicted molar refractivity (Wildman–Crippen MR) is 152 cm³/mol. The van der Waals surface area contributed by atoms with Gasteiger partial charge in [-0.15, -0.1) is 0 Å². The molecule has 1 aliphatic heterocycles. The van der Waals surface area contributed by atoms with Crippen molar-refractivity contribution in [2.75, 3.05) is 10.2 Å². The van der Waals surface area contributed by atoms with Crippen LogP contribution in [0.15, 0.2) is 71.2 Å². The molecule has 3 amide bonds. The van der Waals surface area contributed by atoms with Crippen LogP contribution in [-0.2, 0) is 4.79 Å². The lowest BCUT2D eigenvalue weighted by atomic mass is 9.91. The lowest BCUT2D eigenvalue weighted by Gasteiger charge is -2.31. The molecule has 38 heavy (non-hydrogen) atoms. The number of amides is 3. The third kappa shape index (κ3) is 5.51. The summed E-state index contributed by atoms with van der Waals surface area (Å²) < 4.78 is 0.785. The molecule has 3 aromatic carbocycles. The first-order chi connectivity index (χ1) is 18.3. The van der Waals surface area contributed by atoms with E-state index in [9.17, 15) is 14.4 Å². The van der Waals surface area contributed by atoms with E-state index in [-0.39, 0.29) is 36.2 Å². The first-order valence-electron chi connectivity index (χ1n) is 13.0. The highest BCUT2D eigenvalue weighted by Crippen LogP contribution is 2.40. The van der Waals surface area contributed by atoms with E-state index < -0.39 is 6.04 Å². The van der Waals surface area contributed by atoms with Gasteiger partial charge in [0, 0.05) is 27.7 Å². The van der Waals surface area contributed by atoms with Crippen LogP contribution in [-0.4, -0.2) is 29.8 Å². The van der Waals surface area contributed by atoms with Gasteiger partial charge in [0.05, 0.1) is 23.8 Å². The molecule has 0 spiro atoms. The van der Waals surface area contributed by atoms with E-state index in [1.54, 1.807) is 35.2 Å². The number of hydrogen-bond acceptors (Lipinski definition) is 4. The lowest BCUT2D eigenvalue weighted by molar-refractivity contribution is -0.116. The van der Waals surface area contributed by atoms with E-state index in [0.717, 1.165) is 41.3 Å². The molecule has 196 valence electrons. The van der Waals surface area contributed by atoms with Crippen molar-refractivity contribution >= 4 is 45.0 Å². The number of nitrogens with zero attached hydrogens (tertiary/aromatic N) is 1. The van der Waals surface area contributed by atoms with Crippen molar-refractivity contribution in [3.8, 4) is 0 Å². The van der Waals surface area contributed by atoms with Crippen LogP contribution < -0.4 is 21.3 Å². The molecule has 1 fully saturated rings. The van der Waals surface area contributed by atoms with Crippen LogP contribution in [0.25, 0.3) is 0 Å². The summed E-state index contributed by atoms with van der Waals surface area (Å²) in [5, 5.41) is 6.00. The zero-order chi connectivity index (χ0) is 26.8. The first kappa shape index (κ1) is 26.1. The second-order valence-electron chi connectivity index (χ2n) is 10.1. The summed E-state index contributed by atoms with van der Waals surface area (Å²) >= 11 is 3.46. The molecule has 0 bridgehead atoms. The van der Waals surface area contributed by atoms with Gasteiger partial charge in [0.15, 0.2) is 0 Å². The van der Waals surface area contributed by atoms with Gasteiger partial charge in [-0.05, 0) is 61.7 Å². The molecule has 0 aromatic heterocycles. The zero-order valence-electron chi connectivity index (χ0n) is 21.2. The Balaban J connectivity index is 1.55. The average molecular weight is 576 g/mol. The molecule has 3 unspecified atom stereocenters. The van der Waals surface area contributed by atoms with E-state index in [0.29, 0.717) is 22.5 Å². The highest BCUT2D eigenvalue weighted by molar-refractivity contribution is 9.10. The summed E-state index contributed by atoms with van der Waals surface area (Å²) in [7, 11) is 0. The van der Waals surface area contributed by atoms with Crippen molar-refractivity contribution in [3.05, 3.63) is 93.5 Å². The topological polar surface area (TPSA) is 105 Å². The molecule has 1 heterocycles. The van der Waals surface area contributed by atoms with E-state index in [2.05, 4.69) is 26.6 Å². The molecule has 5 rings (SSSR count). The molecular formula is C30H31BrN4O3. The van der Waals surface area contributed by atoms with Gasteiger partial charge in [-0.3, -0.25) is 19.3 Å². The number of halogens is 1. The van der Waals surface area contributed by atoms with Gasteiger partial charge in [-0.25, -0.2) is 0 Å². The quantitative estimate of drug-likeness (QED) is 0.383. The number of anilines is 2. The molecule has 4 N–H and O–H groups in total. The molecule has 1 saturated carbocycles. The summed E-state index contributed by atoms with van der Waals surface area (Å²) in [6.45, 7) is 2.00. The Labute approximate surface area is 230 Å². The standard InChI is InChI=1S/C30H31BrN4O3/c1-18-9-11-19(12-10-18)27-17-28(36)33-25-16-20(29(37)34-24-8-3-2-7-23(24)32)13-14-26(25)35(27)30(38)21-5-4-6-22(31)15-21/h4-6,9-16,23-24,27H,2-3,7-8,17,32H2,1H3,(H,33,36)(H,34,37). The lowest BCUT2D eigenvalue weighted by Crippen LogP contribution is -2.49. The molecule has 2 aliphatic rings. The maximum absolute atomic E-state index is 14.0. The second kappa shape index (κ2) is 11.1. The second-order valence-corrected chi connectivity index (χ2v) is 11.0. The third-order valence-corrected chi connectivity index (χ3v) is 7.86. The monoisotopic (exact) mass is 574 g/mol. The summed E-state index contributed by atoms with van der Waals surface area (Å²) in [5.41, 5.74) is 10.0. The Bertz CT molecular complexity index is 1370. The SMILES string of the molecule is Cc1ccc(C2CC(=O)Nc3cc(C(=O)NC4CCCCC4N)ccc3N2C(=O)c2cccc(Br)c2)cc1. The number of carbonyl (C=O) groups excluding carboxylic acids is 3. The van der Waals surface area contributed by atoms with Crippen molar-refractivity contribution in [1.82, 2.24) is 5.32 Å². The van der Waals surface area contributed by atoms with E-state index in [4.69, 9.17) is 5.73 Å². The number of rotatable bonds is 4. The van der Waals surface area contributed by atoms with Crippen LogP contribution in [0.2, 0.25) is 0 Å². The van der Waals surface area contributed by atoms with E-state index in [1.807, 2.05) is 43.3 Å². The van der Waals surface area contributed by atoms with Crippen molar-refractivity contribution in [2.45, 2.75) is 57.2 Å². The van der Waals surface area contributed by atoms with Crippen molar-refractivity contribution in [2.24, 2.45) is 5.73 Å². The Kier molecular flexibility index (Phi) is 7.63. The minimum Gasteiger partial charge on any atom is -0.348 e. The van der Waals surface area contributed by atoms with Gasteiger partial charge in [0.25, 0.3) is 11.8 Å². The average Bonchev–Trinajstić information content (AvgIpc) is 3.05. The molecule has 3 atom stereocenters. The van der Waals surface area contributed by atoms with Gasteiger partial charge < -0.3 is 16.4 Å². The van der Waals surface area contributed by atoms with Crippen LogP contribution in [0.1, 0.15) is 70.0 Å². The van der Waals surface area contributed by atoms with Gasteiger partial charge >= 0.3 is 0 Å². The summed E-state index contributed by atoms with van der Waals surface area (Å²) in [6, 6.07) is 19.5. The zero-order valence-corrected chi connectivity index (χ0v) is 22.8. The van der Waals surface area contributed by atoms with Crippen molar-refractivity contribution in [3.63, 3.8) is 0 Å². The first-order valence-corrected chi connectivity index (χ1v) is 13.8. The predicted octanol–water partition coefficient (Wildman–Crippen LogP) is 5.49. The molecular weight excluding hydrogens is 544 g/mol. The molecule has 7 nitrogen and oxygen atoms in total. The number of carbonyl (C=O) groups is 3. The fourth-order valence-electron chi connectivity index (χ4n) is 5.28. The van der Waals surface area contributed by atoms with Gasteiger partial charge in [-0.2, -0.15) is 0 Å². The normalized spacial score (nSPS) is 21.2. The van der Waals surface area contributed by atoms with Crippen LogP contribution in [0.3, 0.4) is 0 Å². The van der Waals surface area contributed by atoms with Crippen LogP contribution >= 0.6 is 15.9 Å². The van der Waals surface area contributed by atoms with Crippen LogP contribution in [0.5, 0.6) is 0 Å². The van der Waals surface area contributed by atoms with Crippen LogP contribution in [0.4, 0.5) is 11.4 Å². The Morgan fingerprint density at radius 3 is 2.50 bits per heavy atom. The Morgan fingerprint density at radius 2 is 1.76 bits per heavy atom. The maximum atomic E-state index is 14.0. The molecule has 0 radical (unpaired) electrons. The minimum absolute atomic E-state index is 0.0678.